The number of carbonyl (C=O) groups is 1. The lowest BCUT2D eigenvalue weighted by molar-refractivity contribution is -0.128. The van der Waals surface area contributed by atoms with Crippen LogP contribution >= 0.6 is 0 Å². The molecule has 0 saturated carbocycles. The summed E-state index contributed by atoms with van der Waals surface area (Å²) < 4.78 is 0. The van der Waals surface area contributed by atoms with Crippen LogP contribution in [-0.2, 0) is 11.3 Å². The molecular formula is C14H15NO. The molecule has 0 unspecified atom stereocenters. The van der Waals surface area contributed by atoms with Gasteiger partial charge < -0.3 is 4.90 Å². The molecule has 0 aromatic heterocycles. The minimum absolute atomic E-state index is 0.0907. The van der Waals surface area contributed by atoms with Crippen LogP contribution in [0.3, 0.4) is 0 Å². The van der Waals surface area contributed by atoms with Crippen molar-refractivity contribution in [2.45, 2.75) is 13.5 Å². The van der Waals surface area contributed by atoms with Crippen molar-refractivity contribution in [2.24, 2.45) is 0 Å². The number of carbonyl (C=O) groups excluding carboxylic acids is 1. The summed E-state index contributed by atoms with van der Waals surface area (Å²) in [5, 5.41) is 2.44. The molecule has 0 saturated heterocycles. The highest BCUT2D eigenvalue weighted by atomic mass is 16.2. The van der Waals surface area contributed by atoms with Gasteiger partial charge >= 0.3 is 0 Å². The number of fused-ring (bicyclic) bond motifs is 1. The second-order valence-corrected chi connectivity index (χ2v) is 4.01. The molecule has 82 valence electrons. The van der Waals surface area contributed by atoms with Gasteiger partial charge in [-0.2, -0.15) is 0 Å². The van der Waals surface area contributed by atoms with Crippen LogP contribution in [0.4, 0.5) is 0 Å². The molecule has 0 N–H and O–H groups in total. The van der Waals surface area contributed by atoms with Crippen molar-refractivity contribution < 1.29 is 4.79 Å². The molecule has 16 heavy (non-hydrogen) atoms. The van der Waals surface area contributed by atoms with Crippen LogP contribution in [0, 0.1) is 0 Å². The Morgan fingerprint density at radius 2 is 1.81 bits per heavy atom. The van der Waals surface area contributed by atoms with Crippen LogP contribution in [0.25, 0.3) is 10.8 Å². The first-order chi connectivity index (χ1) is 7.68. The molecule has 2 aromatic carbocycles. The SMILES string of the molecule is CC(=O)N(C)Cc1cccc2ccccc12. The Kier molecular flexibility index (Phi) is 2.91. The molecule has 2 rings (SSSR count). The first kappa shape index (κ1) is 10.7. The van der Waals surface area contributed by atoms with E-state index in [0.717, 1.165) is 0 Å². The molecule has 0 radical (unpaired) electrons. The molecule has 0 aliphatic heterocycles. The van der Waals surface area contributed by atoms with Gasteiger partial charge in [-0.3, -0.25) is 4.79 Å². The minimum atomic E-state index is 0.0907. The Morgan fingerprint density at radius 3 is 2.56 bits per heavy atom. The van der Waals surface area contributed by atoms with E-state index in [1.165, 1.54) is 16.3 Å². The van der Waals surface area contributed by atoms with Crippen LogP contribution in [0.2, 0.25) is 0 Å². The summed E-state index contributed by atoms with van der Waals surface area (Å²) in [5.41, 5.74) is 1.19. The van der Waals surface area contributed by atoms with Crippen molar-refractivity contribution in [2.75, 3.05) is 7.05 Å². The van der Waals surface area contributed by atoms with E-state index >= 15 is 0 Å². The molecule has 0 heterocycles. The summed E-state index contributed by atoms with van der Waals surface area (Å²) >= 11 is 0. The zero-order valence-electron chi connectivity index (χ0n) is 9.60. The third-order valence-corrected chi connectivity index (χ3v) is 2.83. The monoisotopic (exact) mass is 213 g/mol. The van der Waals surface area contributed by atoms with Gasteiger partial charge in [-0.25, -0.2) is 0 Å². The van der Waals surface area contributed by atoms with Gasteiger partial charge in [0, 0.05) is 20.5 Å². The Balaban J connectivity index is 2.41. The summed E-state index contributed by atoms with van der Waals surface area (Å²) in [6.45, 7) is 2.25. The molecule has 0 aliphatic rings. The lowest BCUT2D eigenvalue weighted by Gasteiger charge is -2.16. The Labute approximate surface area is 95.5 Å². The second-order valence-electron chi connectivity index (χ2n) is 4.01. The standard InChI is InChI=1S/C14H15NO/c1-11(16)15(2)10-13-8-5-7-12-6-3-4-9-14(12)13/h3-9H,10H2,1-2H3. The van der Waals surface area contributed by atoms with E-state index in [1.54, 1.807) is 11.8 Å². The second kappa shape index (κ2) is 4.35. The maximum Gasteiger partial charge on any atom is 0.219 e. The largest absolute Gasteiger partial charge is 0.342 e. The van der Waals surface area contributed by atoms with Gasteiger partial charge in [-0.1, -0.05) is 42.5 Å². The summed E-state index contributed by atoms with van der Waals surface area (Å²) in [4.78, 5) is 12.9. The average Bonchev–Trinajstić information content (AvgIpc) is 2.29. The minimum Gasteiger partial charge on any atom is -0.342 e. The lowest BCUT2D eigenvalue weighted by Crippen LogP contribution is -2.23. The number of hydrogen-bond donors (Lipinski definition) is 0. The van der Waals surface area contributed by atoms with E-state index in [2.05, 4.69) is 24.3 Å². The van der Waals surface area contributed by atoms with Gasteiger partial charge in [-0.15, -0.1) is 0 Å². The van der Waals surface area contributed by atoms with Gasteiger partial charge in [0.2, 0.25) is 5.91 Å². The van der Waals surface area contributed by atoms with E-state index in [-0.39, 0.29) is 5.91 Å². The van der Waals surface area contributed by atoms with Gasteiger partial charge in [0.25, 0.3) is 0 Å². The van der Waals surface area contributed by atoms with Crippen LogP contribution in [0.5, 0.6) is 0 Å². The molecule has 2 heteroatoms. The van der Waals surface area contributed by atoms with Crippen molar-refractivity contribution >= 4 is 16.7 Å². The molecular weight excluding hydrogens is 198 g/mol. The van der Waals surface area contributed by atoms with Crippen LogP contribution in [0.15, 0.2) is 42.5 Å². The fraction of sp³-hybridized carbons (Fsp3) is 0.214. The summed E-state index contributed by atoms with van der Waals surface area (Å²) in [7, 11) is 1.82. The van der Waals surface area contributed by atoms with E-state index in [1.807, 2.05) is 25.2 Å². The highest BCUT2D eigenvalue weighted by molar-refractivity contribution is 5.86. The van der Waals surface area contributed by atoms with Crippen molar-refractivity contribution in [1.82, 2.24) is 4.90 Å². The Morgan fingerprint density at radius 1 is 1.12 bits per heavy atom. The average molecular weight is 213 g/mol. The van der Waals surface area contributed by atoms with E-state index < -0.39 is 0 Å². The zero-order valence-corrected chi connectivity index (χ0v) is 9.60. The first-order valence-electron chi connectivity index (χ1n) is 5.37. The van der Waals surface area contributed by atoms with E-state index in [4.69, 9.17) is 0 Å². The maximum atomic E-state index is 11.2. The molecule has 0 bridgehead atoms. The molecule has 1 amide bonds. The maximum absolute atomic E-state index is 11.2. The molecule has 0 spiro atoms. The van der Waals surface area contributed by atoms with Gasteiger partial charge in [0.05, 0.1) is 0 Å². The quantitative estimate of drug-likeness (QED) is 0.751. The van der Waals surface area contributed by atoms with Crippen LogP contribution in [0.1, 0.15) is 12.5 Å². The number of rotatable bonds is 2. The predicted octanol–water partition coefficient (Wildman–Crippen LogP) is 2.82. The van der Waals surface area contributed by atoms with Gasteiger partial charge in [-0.05, 0) is 16.3 Å². The van der Waals surface area contributed by atoms with Crippen LogP contribution in [-0.4, -0.2) is 17.9 Å². The molecule has 0 aliphatic carbocycles. The first-order valence-corrected chi connectivity index (χ1v) is 5.37. The molecule has 2 nitrogen and oxygen atoms in total. The van der Waals surface area contributed by atoms with E-state index in [9.17, 15) is 4.79 Å². The fourth-order valence-electron chi connectivity index (χ4n) is 1.80. The lowest BCUT2D eigenvalue weighted by atomic mass is 10.0. The number of hydrogen-bond acceptors (Lipinski definition) is 1. The summed E-state index contributed by atoms with van der Waals surface area (Å²) in [5.74, 6) is 0.0907. The normalized spacial score (nSPS) is 10.4. The third kappa shape index (κ3) is 2.06. The zero-order chi connectivity index (χ0) is 11.5. The van der Waals surface area contributed by atoms with Crippen LogP contribution < -0.4 is 0 Å². The molecule has 2 aromatic rings. The third-order valence-electron chi connectivity index (χ3n) is 2.83. The number of amides is 1. The smallest absolute Gasteiger partial charge is 0.219 e. The Hall–Kier alpha value is -1.83. The highest BCUT2D eigenvalue weighted by Crippen LogP contribution is 2.19. The van der Waals surface area contributed by atoms with Gasteiger partial charge in [0.15, 0.2) is 0 Å². The number of nitrogens with zero attached hydrogens (tertiary/aromatic N) is 1. The summed E-state index contributed by atoms with van der Waals surface area (Å²) in [6.07, 6.45) is 0. The topological polar surface area (TPSA) is 20.3 Å². The van der Waals surface area contributed by atoms with Crippen molar-refractivity contribution in [3.63, 3.8) is 0 Å². The predicted molar refractivity (Wildman–Crippen MR) is 66.1 cm³/mol. The number of benzene rings is 2. The van der Waals surface area contributed by atoms with Crippen molar-refractivity contribution in [3.05, 3.63) is 48.0 Å². The van der Waals surface area contributed by atoms with E-state index in [0.29, 0.717) is 6.54 Å². The fourth-order valence-corrected chi connectivity index (χ4v) is 1.80. The highest BCUT2D eigenvalue weighted by Gasteiger charge is 2.05. The molecule has 0 fully saturated rings. The Bertz CT molecular complexity index is 514. The summed E-state index contributed by atoms with van der Waals surface area (Å²) in [6, 6.07) is 14.4. The van der Waals surface area contributed by atoms with Gasteiger partial charge in [0.1, 0.15) is 0 Å². The molecule has 0 atom stereocenters. The van der Waals surface area contributed by atoms with Crippen molar-refractivity contribution in [3.8, 4) is 0 Å². The van der Waals surface area contributed by atoms with Crippen molar-refractivity contribution in [1.29, 1.82) is 0 Å².